The first kappa shape index (κ1) is 30.2. The Morgan fingerprint density at radius 2 is 1.89 bits per heavy atom. The number of amides is 1. The molecule has 20 nitrogen and oxygen atoms in total. The van der Waals surface area contributed by atoms with Gasteiger partial charge in [0.15, 0.2) is 6.23 Å². The molecule has 10 N–H and O–H groups in total. The summed E-state index contributed by atoms with van der Waals surface area (Å²) in [6.07, 6.45) is -2.27. The maximum atomic E-state index is 12.0. The Balaban J connectivity index is 1.87. The number of phosphoric ester groups is 1. The minimum absolute atomic E-state index is 0.0462. The van der Waals surface area contributed by atoms with Crippen molar-refractivity contribution in [3.05, 3.63) is 18.1 Å². The number of nitrogens with two attached hydrogens (primary N) is 2. The van der Waals surface area contributed by atoms with Gasteiger partial charge in [-0.25, -0.2) is 34.5 Å². The van der Waals surface area contributed by atoms with Crippen LogP contribution in [0.1, 0.15) is 18.7 Å². The fourth-order valence-corrected chi connectivity index (χ4v) is 6.41. The second-order valence-electron chi connectivity index (χ2n) is 7.74. The number of ether oxygens (including phenoxy) is 1. The zero-order valence-corrected chi connectivity index (χ0v) is 21.6. The van der Waals surface area contributed by atoms with Crippen LogP contribution in [0.15, 0.2) is 12.5 Å². The van der Waals surface area contributed by atoms with Crippen molar-refractivity contribution in [1.29, 1.82) is 0 Å². The number of aliphatic hydroxyl groups excluding tert-OH is 1. The Labute approximate surface area is 212 Å². The first-order valence-electron chi connectivity index (χ1n) is 9.83. The third kappa shape index (κ3) is 6.82. The summed E-state index contributed by atoms with van der Waals surface area (Å²) in [7, 11) is -16.9. The number of carbonyl (C=O) groups excluding carboxylic acids is 1. The summed E-state index contributed by atoms with van der Waals surface area (Å²) in [5.74, 6) is 7.85. The Bertz CT molecular complexity index is 1430. The molecule has 2 aromatic rings. The molecule has 0 saturated carbocycles. The summed E-state index contributed by atoms with van der Waals surface area (Å²) in [5, 5.41) is 22.3. The molecule has 0 bridgehead atoms. The third-order valence-corrected chi connectivity index (χ3v) is 8.70. The summed E-state index contributed by atoms with van der Waals surface area (Å²) in [4.78, 5) is 54.7. The number of hydrogen-bond donors (Lipinski definition) is 8. The van der Waals surface area contributed by atoms with Gasteiger partial charge in [-0.05, 0) is 12.8 Å². The van der Waals surface area contributed by atoms with Crippen LogP contribution in [0, 0.1) is 12.0 Å². The van der Waals surface area contributed by atoms with Gasteiger partial charge in [0.1, 0.15) is 35.6 Å². The number of hydrogen-bond acceptors (Lipinski definition) is 14. The van der Waals surface area contributed by atoms with Crippen LogP contribution >= 0.6 is 23.5 Å². The van der Waals surface area contributed by atoms with Crippen LogP contribution in [0.2, 0.25) is 0 Å². The molecule has 6 atom stereocenters. The molecular weight excluding hydrogens is 581 g/mol. The van der Waals surface area contributed by atoms with Gasteiger partial charge >= 0.3 is 23.5 Å². The number of fused-ring (bicyclic) bond motifs is 1. The summed E-state index contributed by atoms with van der Waals surface area (Å²) in [6.45, 7) is 0.102. The fourth-order valence-electron chi connectivity index (χ4n) is 3.38. The number of aliphatic hydroxyl groups is 2. The number of hydrazine groups is 1. The lowest BCUT2D eigenvalue weighted by atomic mass is 9.96. The lowest BCUT2D eigenvalue weighted by Gasteiger charge is -2.27. The lowest BCUT2D eigenvalue weighted by Crippen LogP contribution is -2.44. The van der Waals surface area contributed by atoms with Gasteiger partial charge in [-0.2, -0.15) is 8.62 Å². The maximum Gasteiger partial charge on any atom is 0.490 e. The maximum absolute atomic E-state index is 12.0. The van der Waals surface area contributed by atoms with E-state index in [1.165, 1.54) is 10.8 Å². The van der Waals surface area contributed by atoms with Crippen LogP contribution in [-0.4, -0.2) is 80.2 Å². The highest BCUT2D eigenvalue weighted by molar-refractivity contribution is 7.66. The van der Waals surface area contributed by atoms with Crippen LogP contribution in [0.3, 0.4) is 0 Å². The summed E-state index contributed by atoms with van der Waals surface area (Å²) < 4.78 is 52.8. The smallest absolute Gasteiger partial charge is 0.387 e. The molecule has 3 rings (SSSR count). The molecular formula is C15H21N6O14P3. The molecule has 1 aliphatic heterocycles. The van der Waals surface area contributed by atoms with Gasteiger partial charge in [-0.15, -0.1) is 0 Å². The number of phosphoric acid groups is 3. The molecule has 38 heavy (non-hydrogen) atoms. The molecule has 0 spiro atoms. The summed E-state index contributed by atoms with van der Waals surface area (Å²) in [6, 6.07) is 2.30. The first-order valence-corrected chi connectivity index (χ1v) is 14.3. The lowest BCUT2D eigenvalue weighted by molar-refractivity contribution is -0.115. The number of carbonyl (C=O) groups is 1. The zero-order valence-electron chi connectivity index (χ0n) is 18.9. The average Bonchev–Trinajstić information content (AvgIpc) is 3.23. The van der Waals surface area contributed by atoms with Gasteiger partial charge < -0.3 is 44.8 Å². The molecule has 1 saturated heterocycles. The van der Waals surface area contributed by atoms with Gasteiger partial charge in [0, 0.05) is 12.2 Å². The molecule has 210 valence electrons. The van der Waals surface area contributed by atoms with Crippen molar-refractivity contribution >= 4 is 46.7 Å². The number of anilines is 1. The second-order valence-corrected chi connectivity index (χ2v) is 12.2. The molecule has 2 aromatic heterocycles. The molecule has 23 heteroatoms. The van der Waals surface area contributed by atoms with E-state index >= 15 is 0 Å². The van der Waals surface area contributed by atoms with Crippen LogP contribution < -0.4 is 11.6 Å². The number of nitrogen functional groups attached to an aromatic ring is 1. The van der Waals surface area contributed by atoms with Gasteiger partial charge in [0.2, 0.25) is 6.41 Å². The minimum atomic E-state index is -5.77. The summed E-state index contributed by atoms with van der Waals surface area (Å²) >= 11 is 0. The summed E-state index contributed by atoms with van der Waals surface area (Å²) in [5.41, 5.74) is 3.98. The van der Waals surface area contributed by atoms with E-state index in [2.05, 4.69) is 35.1 Å². The van der Waals surface area contributed by atoms with Crippen molar-refractivity contribution in [3.8, 4) is 12.0 Å². The quantitative estimate of drug-likeness (QED) is 0.0293. The van der Waals surface area contributed by atoms with Gasteiger partial charge in [-0.1, -0.05) is 0 Å². The predicted molar refractivity (Wildman–Crippen MR) is 121 cm³/mol. The van der Waals surface area contributed by atoms with E-state index in [0.29, 0.717) is 5.01 Å². The average molecular weight is 602 g/mol. The molecule has 1 aliphatic rings. The van der Waals surface area contributed by atoms with E-state index in [-0.39, 0.29) is 28.8 Å². The predicted octanol–water partition coefficient (Wildman–Crippen LogP) is -1.99. The van der Waals surface area contributed by atoms with Crippen molar-refractivity contribution in [2.45, 2.75) is 31.0 Å². The molecule has 2 unspecified atom stereocenters. The Kier molecular flexibility index (Phi) is 8.51. The van der Waals surface area contributed by atoms with Crippen molar-refractivity contribution < 1.29 is 66.2 Å². The highest BCUT2D eigenvalue weighted by atomic mass is 31.3. The molecule has 1 amide bonds. The molecule has 0 aromatic carbocycles. The normalized spacial score (nSPS) is 26.8. The van der Waals surface area contributed by atoms with E-state index in [4.69, 9.17) is 26.1 Å². The second kappa shape index (κ2) is 10.7. The number of nitrogens with zero attached hydrogens (tertiary/aromatic N) is 4. The van der Waals surface area contributed by atoms with Crippen molar-refractivity contribution in [3.63, 3.8) is 0 Å². The van der Waals surface area contributed by atoms with E-state index in [0.717, 1.165) is 13.3 Å². The Morgan fingerprint density at radius 3 is 2.50 bits per heavy atom. The van der Waals surface area contributed by atoms with Crippen LogP contribution in [-0.2, 0) is 36.4 Å². The SMILES string of the molecule is C[C@@]1(O)[C@H](O)[C@@H](COP(=O)(O)OP(=O)(O)OP(=O)(O)O)O[C@H]1n1cc(C#CN(N)C=O)c2c(N)ncnc21. The van der Waals surface area contributed by atoms with Gasteiger partial charge in [0.05, 0.1) is 17.6 Å². The first-order chi connectivity index (χ1) is 17.4. The monoisotopic (exact) mass is 602 g/mol. The highest BCUT2D eigenvalue weighted by Crippen LogP contribution is 2.66. The standard InChI is InChI=1S/C15H21N6O14P3/c1-15(24)11(23)9(5-32-37(28,29)35-38(30,31)34-36(25,26)27)33-14(15)21-4-8(2-3-20(17)7-22)10-12(16)18-6-19-13(10)21/h4,6-7,9,11,14,23-24H,5,17H2,1H3,(H,28,29)(H,30,31)(H2,16,18,19)(H2,25,26,27)/t9-,11-,14-,15-/m1/s1. The molecule has 3 heterocycles. The van der Waals surface area contributed by atoms with Crippen molar-refractivity contribution in [1.82, 2.24) is 19.5 Å². The largest absolute Gasteiger partial charge is 0.490 e. The van der Waals surface area contributed by atoms with Gasteiger partial charge in [0.25, 0.3) is 0 Å². The number of rotatable bonds is 9. The van der Waals surface area contributed by atoms with Crippen molar-refractivity contribution in [2.75, 3.05) is 12.3 Å². The number of aromatic nitrogens is 3. The van der Waals surface area contributed by atoms with Crippen LogP contribution in [0.4, 0.5) is 5.82 Å². The van der Waals surface area contributed by atoms with Crippen LogP contribution in [0.25, 0.3) is 11.0 Å². The fraction of sp³-hybridized carbons (Fsp3) is 0.400. The van der Waals surface area contributed by atoms with E-state index in [1.807, 2.05) is 0 Å². The minimum Gasteiger partial charge on any atom is -0.387 e. The van der Waals surface area contributed by atoms with Crippen LogP contribution in [0.5, 0.6) is 0 Å². The highest BCUT2D eigenvalue weighted by Gasteiger charge is 2.54. The molecule has 0 radical (unpaired) electrons. The van der Waals surface area contributed by atoms with Gasteiger partial charge in [-0.3, -0.25) is 9.32 Å². The van der Waals surface area contributed by atoms with E-state index in [9.17, 15) is 38.5 Å². The zero-order chi connectivity index (χ0) is 28.7. The Hall–Kier alpha value is -2.30. The Morgan fingerprint density at radius 1 is 1.24 bits per heavy atom. The third-order valence-electron chi connectivity index (χ3n) is 4.90. The molecule has 0 aliphatic carbocycles. The molecule has 1 fully saturated rings. The van der Waals surface area contributed by atoms with Crippen molar-refractivity contribution in [2.24, 2.45) is 5.84 Å². The van der Waals surface area contributed by atoms with E-state index in [1.54, 1.807) is 0 Å². The van der Waals surface area contributed by atoms with E-state index < -0.39 is 54.1 Å². The topological polar surface area (TPSA) is 313 Å².